The Balaban J connectivity index is 2.56. The van der Waals surface area contributed by atoms with Gasteiger partial charge in [0.15, 0.2) is 0 Å². The number of nitrogens with zero attached hydrogens (tertiary/aromatic N) is 1. The zero-order valence-electron chi connectivity index (χ0n) is 12.2. The number of anilines is 1. The van der Waals surface area contributed by atoms with E-state index >= 15 is 0 Å². The topological polar surface area (TPSA) is 54.0 Å². The molecule has 19 heavy (non-hydrogen) atoms. The first-order chi connectivity index (χ1) is 9.21. The van der Waals surface area contributed by atoms with Crippen molar-refractivity contribution in [1.29, 1.82) is 0 Å². The Kier molecular flexibility index (Phi) is 6.93. The van der Waals surface area contributed by atoms with Crippen LogP contribution in [0.4, 0.5) is 5.69 Å². The molecule has 1 aromatic heterocycles. The maximum absolute atomic E-state index is 12.0. The quantitative estimate of drug-likeness (QED) is 0.757. The highest BCUT2D eigenvalue weighted by molar-refractivity contribution is 5.92. The van der Waals surface area contributed by atoms with Crippen LogP contribution in [-0.2, 0) is 0 Å². The van der Waals surface area contributed by atoms with Gasteiger partial charge in [0, 0.05) is 12.6 Å². The number of pyridine rings is 1. The summed E-state index contributed by atoms with van der Waals surface area (Å²) >= 11 is 0. The number of nitrogens with one attached hydrogen (secondary N) is 2. The molecule has 1 heterocycles. The van der Waals surface area contributed by atoms with Crippen molar-refractivity contribution in [1.82, 2.24) is 10.3 Å². The molecule has 0 aliphatic rings. The summed E-state index contributed by atoms with van der Waals surface area (Å²) in [5, 5.41) is 6.26. The second kappa shape index (κ2) is 8.51. The number of carbonyl (C=O) groups excluding carboxylic acids is 1. The lowest BCUT2D eigenvalue weighted by Gasteiger charge is -2.15. The van der Waals surface area contributed by atoms with E-state index < -0.39 is 0 Å². The average molecular weight is 263 g/mol. The molecule has 4 nitrogen and oxygen atoms in total. The van der Waals surface area contributed by atoms with Gasteiger partial charge in [-0.05, 0) is 31.4 Å². The number of hydrogen-bond acceptors (Lipinski definition) is 3. The van der Waals surface area contributed by atoms with Crippen LogP contribution in [0.2, 0.25) is 0 Å². The summed E-state index contributed by atoms with van der Waals surface area (Å²) in [5.41, 5.74) is 1.44. The highest BCUT2D eigenvalue weighted by Crippen LogP contribution is 2.07. The van der Waals surface area contributed by atoms with Gasteiger partial charge in [-0.15, -0.1) is 0 Å². The van der Waals surface area contributed by atoms with E-state index in [-0.39, 0.29) is 11.9 Å². The number of amides is 1. The van der Waals surface area contributed by atoms with Crippen LogP contribution in [-0.4, -0.2) is 23.5 Å². The number of carbonyl (C=O) groups is 1. The lowest BCUT2D eigenvalue weighted by atomic mass is 10.1. The molecule has 0 spiro atoms. The second-order valence-electron chi connectivity index (χ2n) is 4.73. The Morgan fingerprint density at radius 3 is 2.58 bits per heavy atom. The van der Waals surface area contributed by atoms with Crippen molar-refractivity contribution in [2.24, 2.45) is 0 Å². The lowest BCUT2D eigenvalue weighted by Crippen LogP contribution is -2.34. The maximum Gasteiger partial charge on any atom is 0.270 e. The fourth-order valence-electron chi connectivity index (χ4n) is 1.89. The Labute approximate surface area is 116 Å². The third-order valence-corrected chi connectivity index (χ3v) is 3.04. The van der Waals surface area contributed by atoms with Crippen LogP contribution in [0.15, 0.2) is 18.3 Å². The van der Waals surface area contributed by atoms with Crippen LogP contribution in [0.1, 0.15) is 56.9 Å². The van der Waals surface area contributed by atoms with Crippen molar-refractivity contribution in [3.05, 3.63) is 24.0 Å². The summed E-state index contributed by atoms with van der Waals surface area (Å²) in [4.78, 5) is 16.2. The molecule has 106 valence electrons. The predicted octanol–water partition coefficient (Wildman–Crippen LogP) is 3.21. The summed E-state index contributed by atoms with van der Waals surface area (Å²) in [6.07, 6.45) is 5.82. The molecule has 1 amide bonds. The van der Waals surface area contributed by atoms with E-state index in [0.29, 0.717) is 5.69 Å². The van der Waals surface area contributed by atoms with Crippen LogP contribution >= 0.6 is 0 Å². The minimum Gasteiger partial charge on any atom is -0.384 e. The molecule has 0 saturated heterocycles. The highest BCUT2D eigenvalue weighted by Gasteiger charge is 2.12. The van der Waals surface area contributed by atoms with Crippen molar-refractivity contribution in [2.45, 2.75) is 52.5 Å². The minimum absolute atomic E-state index is 0.0812. The van der Waals surface area contributed by atoms with Crippen LogP contribution in [0.5, 0.6) is 0 Å². The monoisotopic (exact) mass is 263 g/mol. The molecule has 1 unspecified atom stereocenters. The van der Waals surface area contributed by atoms with E-state index in [1.165, 1.54) is 0 Å². The summed E-state index contributed by atoms with van der Waals surface area (Å²) in [6.45, 7) is 7.25. The number of hydrogen-bond donors (Lipinski definition) is 2. The van der Waals surface area contributed by atoms with E-state index in [0.717, 1.165) is 37.9 Å². The lowest BCUT2D eigenvalue weighted by molar-refractivity contribution is 0.0928. The third-order valence-electron chi connectivity index (χ3n) is 3.04. The zero-order valence-corrected chi connectivity index (χ0v) is 12.2. The Morgan fingerprint density at radius 2 is 2.05 bits per heavy atom. The van der Waals surface area contributed by atoms with Crippen molar-refractivity contribution in [3.63, 3.8) is 0 Å². The van der Waals surface area contributed by atoms with Crippen molar-refractivity contribution >= 4 is 11.6 Å². The normalized spacial score (nSPS) is 11.9. The van der Waals surface area contributed by atoms with Crippen LogP contribution < -0.4 is 10.6 Å². The molecular formula is C15H25N3O. The van der Waals surface area contributed by atoms with Gasteiger partial charge in [-0.1, -0.05) is 27.2 Å². The number of aromatic nitrogens is 1. The first kappa shape index (κ1) is 15.5. The van der Waals surface area contributed by atoms with Gasteiger partial charge >= 0.3 is 0 Å². The van der Waals surface area contributed by atoms with Gasteiger partial charge in [0.2, 0.25) is 0 Å². The Bertz CT molecular complexity index is 375. The molecule has 2 N–H and O–H groups in total. The third kappa shape index (κ3) is 5.28. The maximum atomic E-state index is 12.0. The molecule has 0 radical (unpaired) electrons. The van der Waals surface area contributed by atoms with Gasteiger partial charge in [-0.3, -0.25) is 4.79 Å². The Morgan fingerprint density at radius 1 is 1.26 bits per heavy atom. The summed E-state index contributed by atoms with van der Waals surface area (Å²) in [7, 11) is 0. The van der Waals surface area contributed by atoms with Crippen LogP contribution in [0.25, 0.3) is 0 Å². The van der Waals surface area contributed by atoms with Gasteiger partial charge in [0.25, 0.3) is 5.91 Å². The van der Waals surface area contributed by atoms with E-state index in [9.17, 15) is 4.79 Å². The van der Waals surface area contributed by atoms with E-state index in [1.807, 2.05) is 6.07 Å². The SMILES string of the molecule is CCCNc1ccc(C(=O)NC(CC)CCC)nc1. The first-order valence-electron chi connectivity index (χ1n) is 7.22. The average Bonchev–Trinajstić information content (AvgIpc) is 2.45. The highest BCUT2D eigenvalue weighted by atomic mass is 16.1. The molecule has 1 rings (SSSR count). The van der Waals surface area contributed by atoms with Gasteiger partial charge in [-0.2, -0.15) is 0 Å². The molecule has 1 atom stereocenters. The standard InChI is InChI=1S/C15H25N3O/c1-4-7-12(6-3)18-15(19)14-9-8-13(11-17-14)16-10-5-2/h8-9,11-12,16H,4-7,10H2,1-3H3,(H,18,19). The fraction of sp³-hybridized carbons (Fsp3) is 0.600. The smallest absolute Gasteiger partial charge is 0.270 e. The van der Waals surface area contributed by atoms with E-state index in [4.69, 9.17) is 0 Å². The molecule has 0 saturated carbocycles. The largest absolute Gasteiger partial charge is 0.384 e. The van der Waals surface area contributed by atoms with E-state index in [1.54, 1.807) is 12.3 Å². The minimum atomic E-state index is -0.0812. The van der Waals surface area contributed by atoms with Gasteiger partial charge in [-0.25, -0.2) is 4.98 Å². The van der Waals surface area contributed by atoms with Gasteiger partial charge in [0.05, 0.1) is 11.9 Å². The summed E-state index contributed by atoms with van der Waals surface area (Å²) in [6, 6.07) is 3.92. The van der Waals surface area contributed by atoms with Crippen molar-refractivity contribution in [2.75, 3.05) is 11.9 Å². The fourth-order valence-corrected chi connectivity index (χ4v) is 1.89. The summed E-state index contributed by atoms with van der Waals surface area (Å²) < 4.78 is 0. The Hall–Kier alpha value is -1.58. The van der Waals surface area contributed by atoms with Gasteiger partial charge in [0.1, 0.15) is 5.69 Å². The molecular weight excluding hydrogens is 238 g/mol. The molecule has 0 bridgehead atoms. The van der Waals surface area contributed by atoms with Crippen molar-refractivity contribution in [3.8, 4) is 0 Å². The predicted molar refractivity (Wildman–Crippen MR) is 79.5 cm³/mol. The second-order valence-corrected chi connectivity index (χ2v) is 4.73. The molecule has 0 aliphatic heterocycles. The molecule has 0 aliphatic carbocycles. The summed E-state index contributed by atoms with van der Waals surface area (Å²) in [5.74, 6) is -0.0812. The van der Waals surface area contributed by atoms with Crippen molar-refractivity contribution < 1.29 is 4.79 Å². The number of rotatable bonds is 8. The molecule has 1 aromatic rings. The molecule has 4 heteroatoms. The van der Waals surface area contributed by atoms with Crippen LogP contribution in [0.3, 0.4) is 0 Å². The molecule has 0 fully saturated rings. The molecule has 0 aromatic carbocycles. The first-order valence-corrected chi connectivity index (χ1v) is 7.22. The van der Waals surface area contributed by atoms with E-state index in [2.05, 4.69) is 36.4 Å². The zero-order chi connectivity index (χ0) is 14.1. The van der Waals surface area contributed by atoms with Gasteiger partial charge < -0.3 is 10.6 Å². The van der Waals surface area contributed by atoms with Crippen LogP contribution in [0, 0.1) is 0 Å².